The van der Waals surface area contributed by atoms with Crippen molar-refractivity contribution >= 4 is 5.91 Å². The molecule has 0 saturated heterocycles. The van der Waals surface area contributed by atoms with Crippen molar-refractivity contribution in [3.05, 3.63) is 12.3 Å². The Morgan fingerprint density at radius 2 is 1.93 bits per heavy atom. The lowest BCUT2D eigenvalue weighted by Crippen LogP contribution is -2.45. The van der Waals surface area contributed by atoms with Crippen LogP contribution in [-0.4, -0.2) is 29.5 Å². The molecule has 1 amide bonds. The molecule has 0 bridgehead atoms. The number of hydrogen-bond donors (Lipinski definition) is 0. The Bertz CT molecular complexity index is 225. The van der Waals surface area contributed by atoms with Crippen LogP contribution in [0.15, 0.2) is 12.3 Å². The SMILES string of the molecule is CC(C)N(C(=O)C1C=COC1)C(C)C. The minimum Gasteiger partial charge on any atom is -0.500 e. The first-order valence-electron chi connectivity index (χ1n) is 5.14. The summed E-state index contributed by atoms with van der Waals surface area (Å²) in [6.07, 6.45) is 3.45. The standard InChI is InChI=1S/C11H19NO2/c1-8(2)12(9(3)4)11(13)10-5-6-14-7-10/h5-6,8-10H,7H2,1-4H3. The van der Waals surface area contributed by atoms with Crippen LogP contribution < -0.4 is 0 Å². The molecule has 1 aliphatic rings. The number of rotatable bonds is 3. The summed E-state index contributed by atoms with van der Waals surface area (Å²) in [6.45, 7) is 8.65. The van der Waals surface area contributed by atoms with Crippen molar-refractivity contribution in [2.75, 3.05) is 6.61 Å². The van der Waals surface area contributed by atoms with Gasteiger partial charge in [-0.05, 0) is 33.8 Å². The largest absolute Gasteiger partial charge is 0.500 e. The topological polar surface area (TPSA) is 29.5 Å². The molecule has 1 atom stereocenters. The maximum absolute atomic E-state index is 12.0. The maximum Gasteiger partial charge on any atom is 0.233 e. The van der Waals surface area contributed by atoms with Gasteiger partial charge in [-0.3, -0.25) is 4.79 Å². The van der Waals surface area contributed by atoms with Crippen molar-refractivity contribution < 1.29 is 9.53 Å². The van der Waals surface area contributed by atoms with E-state index < -0.39 is 0 Å². The summed E-state index contributed by atoms with van der Waals surface area (Å²) in [6, 6.07) is 0.494. The van der Waals surface area contributed by atoms with E-state index in [0.717, 1.165) is 0 Å². The molecule has 0 radical (unpaired) electrons. The smallest absolute Gasteiger partial charge is 0.233 e. The summed E-state index contributed by atoms with van der Waals surface area (Å²) in [5.41, 5.74) is 0. The molecule has 0 aliphatic carbocycles. The average Bonchev–Trinajstić information content (AvgIpc) is 2.53. The van der Waals surface area contributed by atoms with Gasteiger partial charge in [-0.1, -0.05) is 0 Å². The Labute approximate surface area is 85.7 Å². The Kier molecular flexibility index (Phi) is 3.55. The normalized spacial score (nSPS) is 20.3. The minimum atomic E-state index is -0.0835. The second-order valence-electron chi connectivity index (χ2n) is 4.20. The van der Waals surface area contributed by atoms with E-state index in [9.17, 15) is 4.79 Å². The van der Waals surface area contributed by atoms with E-state index in [1.54, 1.807) is 6.26 Å². The van der Waals surface area contributed by atoms with Crippen LogP contribution in [-0.2, 0) is 9.53 Å². The van der Waals surface area contributed by atoms with Crippen molar-refractivity contribution in [3.63, 3.8) is 0 Å². The van der Waals surface area contributed by atoms with Crippen molar-refractivity contribution in [2.24, 2.45) is 5.92 Å². The fourth-order valence-electron chi connectivity index (χ4n) is 1.82. The van der Waals surface area contributed by atoms with Gasteiger partial charge in [0.2, 0.25) is 5.91 Å². The summed E-state index contributed by atoms with van der Waals surface area (Å²) in [5, 5.41) is 0. The van der Waals surface area contributed by atoms with Crippen LogP contribution >= 0.6 is 0 Å². The quantitative estimate of drug-likeness (QED) is 0.690. The van der Waals surface area contributed by atoms with Crippen molar-refractivity contribution in [1.82, 2.24) is 4.90 Å². The molecule has 1 aliphatic heterocycles. The lowest BCUT2D eigenvalue weighted by molar-refractivity contribution is -0.138. The molecule has 0 fully saturated rings. The molecule has 0 aromatic heterocycles. The van der Waals surface area contributed by atoms with Gasteiger partial charge in [-0.15, -0.1) is 0 Å². The number of hydrogen-bond acceptors (Lipinski definition) is 2. The molecule has 14 heavy (non-hydrogen) atoms. The number of carbonyl (C=O) groups excluding carboxylic acids is 1. The highest BCUT2D eigenvalue weighted by atomic mass is 16.5. The van der Waals surface area contributed by atoms with Gasteiger partial charge < -0.3 is 9.64 Å². The third-order valence-corrected chi connectivity index (χ3v) is 2.37. The fraction of sp³-hybridized carbons (Fsp3) is 0.727. The average molecular weight is 197 g/mol. The van der Waals surface area contributed by atoms with Gasteiger partial charge in [0.05, 0.1) is 12.2 Å². The number of ether oxygens (including phenoxy) is 1. The zero-order chi connectivity index (χ0) is 10.7. The Morgan fingerprint density at radius 3 is 2.29 bits per heavy atom. The molecular weight excluding hydrogens is 178 g/mol. The first-order chi connectivity index (χ1) is 6.54. The predicted molar refractivity (Wildman–Crippen MR) is 55.7 cm³/mol. The molecule has 0 spiro atoms. The fourth-order valence-corrected chi connectivity index (χ4v) is 1.82. The predicted octanol–water partition coefficient (Wildman–Crippen LogP) is 1.79. The number of carbonyl (C=O) groups is 1. The van der Waals surface area contributed by atoms with Gasteiger partial charge in [0.15, 0.2) is 0 Å². The van der Waals surface area contributed by atoms with Crippen LogP contribution in [0.1, 0.15) is 27.7 Å². The maximum atomic E-state index is 12.0. The molecule has 0 N–H and O–H groups in total. The van der Waals surface area contributed by atoms with Gasteiger partial charge >= 0.3 is 0 Å². The number of nitrogens with zero attached hydrogens (tertiary/aromatic N) is 1. The van der Waals surface area contributed by atoms with Crippen LogP contribution in [0.3, 0.4) is 0 Å². The zero-order valence-corrected chi connectivity index (χ0v) is 9.36. The Hall–Kier alpha value is -0.990. The molecule has 0 saturated carbocycles. The first-order valence-corrected chi connectivity index (χ1v) is 5.14. The lowest BCUT2D eigenvalue weighted by atomic mass is 10.1. The molecule has 1 unspecified atom stereocenters. The van der Waals surface area contributed by atoms with E-state index in [1.807, 2.05) is 38.7 Å². The monoisotopic (exact) mass is 197 g/mol. The Balaban J connectivity index is 2.68. The first kappa shape index (κ1) is 11.1. The zero-order valence-electron chi connectivity index (χ0n) is 9.36. The van der Waals surface area contributed by atoms with Gasteiger partial charge in [0, 0.05) is 12.1 Å². The van der Waals surface area contributed by atoms with E-state index in [4.69, 9.17) is 4.74 Å². The summed E-state index contributed by atoms with van der Waals surface area (Å²) in [4.78, 5) is 13.9. The van der Waals surface area contributed by atoms with Crippen LogP contribution in [0.4, 0.5) is 0 Å². The van der Waals surface area contributed by atoms with E-state index in [0.29, 0.717) is 6.61 Å². The van der Waals surface area contributed by atoms with Gasteiger partial charge in [-0.2, -0.15) is 0 Å². The summed E-state index contributed by atoms with van der Waals surface area (Å²) in [5.74, 6) is 0.0866. The van der Waals surface area contributed by atoms with Crippen LogP contribution in [0.25, 0.3) is 0 Å². The van der Waals surface area contributed by atoms with E-state index in [-0.39, 0.29) is 23.9 Å². The molecule has 1 heterocycles. The summed E-state index contributed by atoms with van der Waals surface area (Å²) in [7, 11) is 0. The minimum absolute atomic E-state index is 0.0835. The highest BCUT2D eigenvalue weighted by molar-refractivity contribution is 5.81. The molecule has 3 nitrogen and oxygen atoms in total. The van der Waals surface area contributed by atoms with Crippen molar-refractivity contribution in [3.8, 4) is 0 Å². The third-order valence-electron chi connectivity index (χ3n) is 2.37. The summed E-state index contributed by atoms with van der Waals surface area (Å²) < 4.78 is 5.06. The van der Waals surface area contributed by atoms with Gasteiger partial charge in [-0.25, -0.2) is 0 Å². The second kappa shape index (κ2) is 4.49. The summed E-state index contributed by atoms with van der Waals surface area (Å²) >= 11 is 0. The van der Waals surface area contributed by atoms with E-state index in [1.165, 1.54) is 0 Å². The third kappa shape index (κ3) is 2.28. The Morgan fingerprint density at radius 1 is 1.36 bits per heavy atom. The molecule has 0 aromatic rings. The highest BCUT2D eigenvalue weighted by Gasteiger charge is 2.28. The molecule has 0 aromatic carbocycles. The molecular formula is C11H19NO2. The lowest BCUT2D eigenvalue weighted by Gasteiger charge is -2.32. The molecule has 80 valence electrons. The van der Waals surface area contributed by atoms with Crippen LogP contribution in [0.2, 0.25) is 0 Å². The molecule has 3 heteroatoms. The van der Waals surface area contributed by atoms with E-state index in [2.05, 4.69) is 0 Å². The van der Waals surface area contributed by atoms with Gasteiger partial charge in [0.25, 0.3) is 0 Å². The van der Waals surface area contributed by atoms with Crippen molar-refractivity contribution in [2.45, 2.75) is 39.8 Å². The highest BCUT2D eigenvalue weighted by Crippen LogP contribution is 2.16. The van der Waals surface area contributed by atoms with Crippen molar-refractivity contribution in [1.29, 1.82) is 0 Å². The number of amides is 1. The molecule has 1 rings (SSSR count). The van der Waals surface area contributed by atoms with Crippen LogP contribution in [0, 0.1) is 5.92 Å². The van der Waals surface area contributed by atoms with Crippen LogP contribution in [0.5, 0.6) is 0 Å². The second-order valence-corrected chi connectivity index (χ2v) is 4.20. The van der Waals surface area contributed by atoms with Gasteiger partial charge in [0.1, 0.15) is 6.61 Å². The van der Waals surface area contributed by atoms with E-state index >= 15 is 0 Å².